The fourth-order valence-corrected chi connectivity index (χ4v) is 3.25. The third-order valence-corrected chi connectivity index (χ3v) is 4.92. The minimum absolute atomic E-state index is 0.142. The maximum absolute atomic E-state index is 12.4. The van der Waals surface area contributed by atoms with Crippen LogP contribution in [0, 0.1) is 0 Å². The van der Waals surface area contributed by atoms with Gasteiger partial charge in [-0.2, -0.15) is 0 Å². The van der Waals surface area contributed by atoms with Gasteiger partial charge in [0.25, 0.3) is 0 Å². The lowest BCUT2D eigenvalue weighted by Gasteiger charge is -2.33. The SMILES string of the molecule is CCCN(CCN=C(NCC)NC1CCN(CC(=O)N(C)C)CC1)C(=O)OC(C)(C)C. The Morgan fingerprint density at radius 1 is 1.13 bits per heavy atom. The lowest BCUT2D eigenvalue weighted by atomic mass is 10.1. The number of carbonyl (C=O) groups is 2. The van der Waals surface area contributed by atoms with Crippen LogP contribution in [0.25, 0.3) is 0 Å². The molecule has 0 unspecified atom stereocenters. The number of aliphatic imine (C=N–C) groups is 1. The Kier molecular flexibility index (Phi) is 11.7. The fraction of sp³-hybridized carbons (Fsp3) is 0.864. The maximum Gasteiger partial charge on any atom is 0.410 e. The van der Waals surface area contributed by atoms with E-state index in [9.17, 15) is 9.59 Å². The lowest BCUT2D eigenvalue weighted by molar-refractivity contribution is -0.130. The zero-order valence-corrected chi connectivity index (χ0v) is 20.7. The van der Waals surface area contributed by atoms with Crippen molar-refractivity contribution in [1.29, 1.82) is 0 Å². The molecular formula is C22H44N6O3. The summed E-state index contributed by atoms with van der Waals surface area (Å²) >= 11 is 0. The van der Waals surface area contributed by atoms with Crippen molar-refractivity contribution in [3.8, 4) is 0 Å². The van der Waals surface area contributed by atoms with E-state index in [1.54, 1.807) is 23.9 Å². The predicted octanol–water partition coefficient (Wildman–Crippen LogP) is 1.74. The number of likely N-dealkylation sites (tertiary alicyclic amines) is 1. The van der Waals surface area contributed by atoms with Crippen molar-refractivity contribution in [1.82, 2.24) is 25.3 Å². The summed E-state index contributed by atoms with van der Waals surface area (Å²) in [6, 6.07) is 0.320. The van der Waals surface area contributed by atoms with Crippen molar-refractivity contribution in [3.63, 3.8) is 0 Å². The standard InChI is InChI=1S/C22H44N6O3/c1-8-13-28(21(30)31-22(3,4)5)16-12-24-20(23-9-2)25-18-10-14-27(15-11-18)17-19(29)26(6)7/h18H,8-17H2,1-7H3,(H2,23,24,25). The van der Waals surface area contributed by atoms with Gasteiger partial charge in [0.05, 0.1) is 13.1 Å². The molecule has 0 aliphatic carbocycles. The van der Waals surface area contributed by atoms with Crippen LogP contribution in [0.2, 0.25) is 0 Å². The van der Waals surface area contributed by atoms with Crippen LogP contribution in [0.15, 0.2) is 4.99 Å². The van der Waals surface area contributed by atoms with Crippen molar-refractivity contribution in [2.24, 2.45) is 4.99 Å². The molecule has 2 amide bonds. The molecule has 31 heavy (non-hydrogen) atoms. The summed E-state index contributed by atoms with van der Waals surface area (Å²) in [6.45, 7) is 14.4. The van der Waals surface area contributed by atoms with Crippen LogP contribution in [-0.2, 0) is 9.53 Å². The van der Waals surface area contributed by atoms with Crippen molar-refractivity contribution in [2.45, 2.75) is 65.5 Å². The van der Waals surface area contributed by atoms with E-state index in [1.807, 2.05) is 34.6 Å². The van der Waals surface area contributed by atoms with Crippen LogP contribution < -0.4 is 10.6 Å². The molecule has 2 N–H and O–H groups in total. The molecule has 0 spiro atoms. The highest BCUT2D eigenvalue weighted by atomic mass is 16.6. The number of nitrogens with one attached hydrogen (secondary N) is 2. The first kappa shape index (κ1) is 27.0. The minimum Gasteiger partial charge on any atom is -0.444 e. The van der Waals surface area contributed by atoms with Gasteiger partial charge in [-0.15, -0.1) is 0 Å². The molecule has 0 saturated carbocycles. The van der Waals surface area contributed by atoms with Crippen LogP contribution in [0.1, 0.15) is 53.9 Å². The molecule has 0 aromatic heterocycles. The highest BCUT2D eigenvalue weighted by Crippen LogP contribution is 2.11. The summed E-state index contributed by atoms with van der Waals surface area (Å²) in [5.41, 5.74) is -0.505. The second-order valence-corrected chi connectivity index (χ2v) is 9.21. The Hall–Kier alpha value is -2.03. The topological polar surface area (TPSA) is 89.5 Å². The van der Waals surface area contributed by atoms with Crippen molar-refractivity contribution >= 4 is 18.0 Å². The van der Waals surface area contributed by atoms with E-state index >= 15 is 0 Å². The molecule has 180 valence electrons. The summed E-state index contributed by atoms with van der Waals surface area (Å²) in [4.78, 5) is 34.5. The molecule has 1 fully saturated rings. The first-order valence-corrected chi connectivity index (χ1v) is 11.5. The van der Waals surface area contributed by atoms with Gasteiger partial charge in [-0.3, -0.25) is 14.7 Å². The quantitative estimate of drug-likeness (QED) is 0.419. The van der Waals surface area contributed by atoms with Gasteiger partial charge in [0.2, 0.25) is 5.91 Å². The van der Waals surface area contributed by atoms with Crippen LogP contribution in [0.4, 0.5) is 4.79 Å². The van der Waals surface area contributed by atoms with E-state index in [2.05, 4.69) is 20.5 Å². The molecule has 1 rings (SSSR count). The summed E-state index contributed by atoms with van der Waals surface area (Å²) in [7, 11) is 3.58. The van der Waals surface area contributed by atoms with Gasteiger partial charge >= 0.3 is 6.09 Å². The first-order valence-electron chi connectivity index (χ1n) is 11.5. The van der Waals surface area contributed by atoms with Gasteiger partial charge in [0.15, 0.2) is 5.96 Å². The van der Waals surface area contributed by atoms with E-state index < -0.39 is 5.60 Å². The largest absolute Gasteiger partial charge is 0.444 e. The van der Waals surface area contributed by atoms with Crippen LogP contribution in [-0.4, -0.2) is 104 Å². The number of carbonyl (C=O) groups excluding carboxylic acids is 2. The Morgan fingerprint density at radius 3 is 2.29 bits per heavy atom. The second kappa shape index (κ2) is 13.4. The Balaban J connectivity index is 2.55. The van der Waals surface area contributed by atoms with Gasteiger partial charge in [-0.1, -0.05) is 6.92 Å². The average Bonchev–Trinajstić information content (AvgIpc) is 2.67. The van der Waals surface area contributed by atoms with Gasteiger partial charge in [0.1, 0.15) is 5.60 Å². The van der Waals surface area contributed by atoms with Crippen LogP contribution in [0.5, 0.6) is 0 Å². The minimum atomic E-state index is -0.505. The molecular weight excluding hydrogens is 396 g/mol. The molecule has 0 aromatic carbocycles. The van der Waals surface area contributed by atoms with Crippen LogP contribution in [0.3, 0.4) is 0 Å². The third kappa shape index (κ3) is 11.2. The number of piperidine rings is 1. The Labute approximate surface area is 188 Å². The fourth-order valence-electron chi connectivity index (χ4n) is 3.25. The Morgan fingerprint density at radius 2 is 1.77 bits per heavy atom. The van der Waals surface area contributed by atoms with Crippen LogP contribution >= 0.6 is 0 Å². The molecule has 0 radical (unpaired) electrons. The van der Waals surface area contributed by atoms with Gasteiger partial charge < -0.3 is 25.2 Å². The lowest BCUT2D eigenvalue weighted by Crippen LogP contribution is -2.50. The molecule has 0 aromatic rings. The molecule has 1 heterocycles. The Bertz CT molecular complexity index is 580. The van der Waals surface area contributed by atoms with Gasteiger partial charge in [-0.05, 0) is 47.0 Å². The monoisotopic (exact) mass is 440 g/mol. The number of likely N-dealkylation sites (N-methyl/N-ethyl adjacent to an activating group) is 1. The summed E-state index contributed by atoms with van der Waals surface area (Å²) in [5, 5.41) is 6.80. The smallest absolute Gasteiger partial charge is 0.410 e. The zero-order chi connectivity index (χ0) is 23.4. The highest BCUT2D eigenvalue weighted by molar-refractivity contribution is 5.80. The summed E-state index contributed by atoms with van der Waals surface area (Å²) in [5.74, 6) is 0.911. The third-order valence-electron chi connectivity index (χ3n) is 4.92. The van der Waals surface area contributed by atoms with E-state index in [-0.39, 0.29) is 12.0 Å². The first-order chi connectivity index (χ1) is 14.6. The number of nitrogens with zero attached hydrogens (tertiary/aromatic N) is 4. The zero-order valence-electron chi connectivity index (χ0n) is 20.7. The molecule has 1 aliphatic heterocycles. The molecule has 0 atom stereocenters. The van der Waals surface area contributed by atoms with E-state index in [0.29, 0.717) is 32.2 Å². The molecule has 0 bridgehead atoms. The number of hydrogen-bond donors (Lipinski definition) is 2. The predicted molar refractivity (Wildman–Crippen MR) is 125 cm³/mol. The van der Waals surface area contributed by atoms with Gasteiger partial charge in [-0.25, -0.2) is 4.79 Å². The summed E-state index contributed by atoms with van der Waals surface area (Å²) < 4.78 is 5.51. The molecule has 9 heteroatoms. The molecule has 1 aliphatic rings. The molecule has 1 saturated heterocycles. The van der Waals surface area contributed by atoms with Crippen molar-refractivity contribution in [2.75, 3.05) is 59.9 Å². The second-order valence-electron chi connectivity index (χ2n) is 9.21. The molecule has 9 nitrogen and oxygen atoms in total. The number of hydrogen-bond acceptors (Lipinski definition) is 5. The van der Waals surface area contributed by atoms with Gasteiger partial charge in [0, 0.05) is 52.9 Å². The highest BCUT2D eigenvalue weighted by Gasteiger charge is 2.23. The van der Waals surface area contributed by atoms with E-state index in [1.165, 1.54) is 0 Å². The number of guanidine groups is 1. The maximum atomic E-state index is 12.4. The summed E-state index contributed by atoms with van der Waals surface area (Å²) in [6.07, 6.45) is 2.51. The number of ether oxygens (including phenoxy) is 1. The average molecular weight is 441 g/mol. The number of amides is 2. The number of rotatable bonds is 9. The van der Waals surface area contributed by atoms with Crippen molar-refractivity contribution < 1.29 is 14.3 Å². The van der Waals surface area contributed by atoms with E-state index in [0.717, 1.165) is 44.9 Å². The van der Waals surface area contributed by atoms with Crippen molar-refractivity contribution in [3.05, 3.63) is 0 Å². The normalized spacial score (nSPS) is 16.0. The van der Waals surface area contributed by atoms with E-state index in [4.69, 9.17) is 4.74 Å².